The highest BCUT2D eigenvalue weighted by molar-refractivity contribution is 7.09. The fraction of sp³-hybridized carbons (Fsp3) is 0.273. The van der Waals surface area contributed by atoms with E-state index < -0.39 is 0 Å². The lowest BCUT2D eigenvalue weighted by Crippen LogP contribution is -2.03. The highest BCUT2D eigenvalue weighted by Gasteiger charge is 2.05. The minimum Gasteiger partial charge on any atom is -0.477 e. The van der Waals surface area contributed by atoms with Crippen LogP contribution < -0.4 is 4.74 Å². The number of nitrogens with zero attached hydrogens (tertiary/aromatic N) is 2. The lowest BCUT2D eigenvalue weighted by Gasteiger charge is -2.07. The SMILES string of the molecule is Cc1c(Cl)ncnc1OCCc1cccs1. The van der Waals surface area contributed by atoms with Gasteiger partial charge in [-0.25, -0.2) is 9.97 Å². The molecule has 0 aliphatic carbocycles. The Kier molecular flexibility index (Phi) is 3.74. The van der Waals surface area contributed by atoms with Crippen LogP contribution in [0.4, 0.5) is 0 Å². The van der Waals surface area contributed by atoms with Crippen LogP contribution in [0.1, 0.15) is 10.4 Å². The summed E-state index contributed by atoms with van der Waals surface area (Å²) in [6.45, 7) is 2.46. The first kappa shape index (κ1) is 11.4. The second-order valence-electron chi connectivity index (χ2n) is 3.27. The molecule has 2 rings (SSSR count). The van der Waals surface area contributed by atoms with E-state index in [1.54, 1.807) is 11.3 Å². The predicted octanol–water partition coefficient (Wildman–Crippen LogP) is 3.12. The molecule has 0 atom stereocenters. The molecule has 16 heavy (non-hydrogen) atoms. The predicted molar refractivity (Wildman–Crippen MR) is 65.3 cm³/mol. The van der Waals surface area contributed by atoms with Crippen molar-refractivity contribution in [1.82, 2.24) is 9.97 Å². The second kappa shape index (κ2) is 5.27. The Morgan fingerprint density at radius 2 is 2.31 bits per heavy atom. The fourth-order valence-corrected chi connectivity index (χ4v) is 2.08. The summed E-state index contributed by atoms with van der Waals surface area (Å²) in [7, 11) is 0. The number of hydrogen-bond donors (Lipinski definition) is 0. The topological polar surface area (TPSA) is 35.0 Å². The number of rotatable bonds is 4. The molecular formula is C11H11ClN2OS. The summed E-state index contributed by atoms with van der Waals surface area (Å²) >= 11 is 7.59. The fourth-order valence-electron chi connectivity index (χ4n) is 1.26. The first-order valence-electron chi connectivity index (χ1n) is 4.89. The number of halogens is 1. The molecule has 0 N–H and O–H groups in total. The molecule has 0 aliphatic rings. The molecule has 0 unspecified atom stereocenters. The number of thiophene rings is 1. The van der Waals surface area contributed by atoms with E-state index in [1.165, 1.54) is 11.2 Å². The van der Waals surface area contributed by atoms with Crippen molar-refractivity contribution < 1.29 is 4.74 Å². The molecule has 2 heterocycles. The molecule has 0 fully saturated rings. The van der Waals surface area contributed by atoms with Crippen molar-refractivity contribution in [2.24, 2.45) is 0 Å². The van der Waals surface area contributed by atoms with Gasteiger partial charge in [0.2, 0.25) is 5.88 Å². The molecule has 84 valence electrons. The molecule has 2 aromatic rings. The molecule has 0 saturated carbocycles. The Morgan fingerprint density at radius 1 is 1.44 bits per heavy atom. The van der Waals surface area contributed by atoms with Crippen LogP contribution in [-0.2, 0) is 6.42 Å². The molecule has 0 amide bonds. The van der Waals surface area contributed by atoms with Crippen molar-refractivity contribution in [2.75, 3.05) is 6.61 Å². The molecule has 5 heteroatoms. The van der Waals surface area contributed by atoms with Gasteiger partial charge in [-0.15, -0.1) is 11.3 Å². The number of aromatic nitrogens is 2. The quantitative estimate of drug-likeness (QED) is 0.787. The van der Waals surface area contributed by atoms with Crippen molar-refractivity contribution in [3.8, 4) is 5.88 Å². The Bertz CT molecular complexity index is 459. The molecule has 0 bridgehead atoms. The van der Waals surface area contributed by atoms with Crippen molar-refractivity contribution in [3.63, 3.8) is 0 Å². The summed E-state index contributed by atoms with van der Waals surface area (Å²) < 4.78 is 5.56. The van der Waals surface area contributed by atoms with E-state index in [4.69, 9.17) is 16.3 Å². The van der Waals surface area contributed by atoms with Gasteiger partial charge in [0, 0.05) is 16.9 Å². The van der Waals surface area contributed by atoms with Gasteiger partial charge >= 0.3 is 0 Å². The molecule has 3 nitrogen and oxygen atoms in total. The van der Waals surface area contributed by atoms with Crippen molar-refractivity contribution in [3.05, 3.63) is 39.4 Å². The van der Waals surface area contributed by atoms with Gasteiger partial charge < -0.3 is 4.74 Å². The van der Waals surface area contributed by atoms with Crippen LogP contribution in [0.25, 0.3) is 0 Å². The Labute approximate surface area is 103 Å². The van der Waals surface area contributed by atoms with Crippen LogP contribution in [-0.4, -0.2) is 16.6 Å². The minimum absolute atomic E-state index is 0.445. The lowest BCUT2D eigenvalue weighted by atomic mass is 10.3. The highest BCUT2D eigenvalue weighted by atomic mass is 35.5. The van der Waals surface area contributed by atoms with Crippen LogP contribution in [0.3, 0.4) is 0 Å². The monoisotopic (exact) mass is 254 g/mol. The molecule has 0 aromatic carbocycles. The Morgan fingerprint density at radius 3 is 3.06 bits per heavy atom. The van der Waals surface area contributed by atoms with E-state index in [1.807, 2.05) is 13.0 Å². The number of ether oxygens (including phenoxy) is 1. The first-order valence-corrected chi connectivity index (χ1v) is 6.15. The Hall–Kier alpha value is -1.13. The smallest absolute Gasteiger partial charge is 0.220 e. The third kappa shape index (κ3) is 2.71. The van der Waals surface area contributed by atoms with E-state index in [0.717, 1.165) is 12.0 Å². The molecule has 2 aromatic heterocycles. The van der Waals surface area contributed by atoms with Gasteiger partial charge in [0.15, 0.2) is 0 Å². The van der Waals surface area contributed by atoms with Crippen LogP contribution >= 0.6 is 22.9 Å². The van der Waals surface area contributed by atoms with Crippen LogP contribution in [0.2, 0.25) is 5.15 Å². The average Bonchev–Trinajstić information content (AvgIpc) is 2.77. The Balaban J connectivity index is 1.92. The van der Waals surface area contributed by atoms with Gasteiger partial charge in [-0.1, -0.05) is 17.7 Å². The lowest BCUT2D eigenvalue weighted by molar-refractivity contribution is 0.307. The van der Waals surface area contributed by atoms with Crippen molar-refractivity contribution >= 4 is 22.9 Å². The van der Waals surface area contributed by atoms with Crippen molar-refractivity contribution in [1.29, 1.82) is 0 Å². The van der Waals surface area contributed by atoms with E-state index in [-0.39, 0.29) is 0 Å². The maximum Gasteiger partial charge on any atom is 0.220 e. The average molecular weight is 255 g/mol. The summed E-state index contributed by atoms with van der Waals surface area (Å²) in [6, 6.07) is 4.13. The zero-order valence-electron chi connectivity index (χ0n) is 8.81. The summed E-state index contributed by atoms with van der Waals surface area (Å²) in [5, 5.41) is 2.50. The summed E-state index contributed by atoms with van der Waals surface area (Å²) in [5.41, 5.74) is 0.787. The van der Waals surface area contributed by atoms with Gasteiger partial charge in [-0.2, -0.15) is 0 Å². The van der Waals surface area contributed by atoms with Crippen molar-refractivity contribution in [2.45, 2.75) is 13.3 Å². The van der Waals surface area contributed by atoms with E-state index in [2.05, 4.69) is 21.4 Å². The van der Waals surface area contributed by atoms with Gasteiger partial charge in [0.25, 0.3) is 0 Å². The zero-order chi connectivity index (χ0) is 11.4. The largest absolute Gasteiger partial charge is 0.477 e. The molecule has 0 aliphatic heterocycles. The number of hydrogen-bond acceptors (Lipinski definition) is 4. The maximum atomic E-state index is 5.86. The first-order chi connectivity index (χ1) is 7.77. The second-order valence-corrected chi connectivity index (χ2v) is 4.66. The van der Waals surface area contributed by atoms with Gasteiger partial charge in [-0.05, 0) is 18.4 Å². The normalized spacial score (nSPS) is 10.4. The zero-order valence-corrected chi connectivity index (χ0v) is 10.4. The summed E-state index contributed by atoms with van der Waals surface area (Å²) in [5.74, 6) is 0.566. The highest BCUT2D eigenvalue weighted by Crippen LogP contribution is 2.20. The van der Waals surface area contributed by atoms with Gasteiger partial charge in [-0.3, -0.25) is 0 Å². The summed E-state index contributed by atoms with van der Waals surface area (Å²) in [4.78, 5) is 9.22. The van der Waals surface area contributed by atoms with Gasteiger partial charge in [0.05, 0.1) is 6.61 Å². The minimum atomic E-state index is 0.445. The molecular weight excluding hydrogens is 244 g/mol. The standard InChI is InChI=1S/C11H11ClN2OS/c1-8-10(12)13-7-14-11(8)15-5-4-9-3-2-6-16-9/h2-3,6-7H,4-5H2,1H3. The van der Waals surface area contributed by atoms with Crippen LogP contribution in [0, 0.1) is 6.92 Å². The maximum absolute atomic E-state index is 5.86. The molecule has 0 saturated heterocycles. The van der Waals surface area contributed by atoms with E-state index in [9.17, 15) is 0 Å². The third-order valence-electron chi connectivity index (χ3n) is 2.14. The third-order valence-corrected chi connectivity index (χ3v) is 3.46. The van der Waals surface area contributed by atoms with E-state index in [0.29, 0.717) is 17.6 Å². The summed E-state index contributed by atoms with van der Waals surface area (Å²) in [6.07, 6.45) is 2.30. The van der Waals surface area contributed by atoms with Crippen LogP contribution in [0.5, 0.6) is 5.88 Å². The van der Waals surface area contributed by atoms with E-state index >= 15 is 0 Å². The van der Waals surface area contributed by atoms with Crippen LogP contribution in [0.15, 0.2) is 23.8 Å². The van der Waals surface area contributed by atoms with Gasteiger partial charge in [0.1, 0.15) is 11.5 Å². The molecule has 0 spiro atoms. The molecule has 0 radical (unpaired) electrons.